The van der Waals surface area contributed by atoms with Gasteiger partial charge in [0.2, 0.25) is 5.91 Å². The summed E-state index contributed by atoms with van der Waals surface area (Å²) in [6.07, 6.45) is 0.0795. The molecule has 7 heteroatoms. The Morgan fingerprint density at radius 2 is 2.04 bits per heavy atom. The van der Waals surface area contributed by atoms with Gasteiger partial charge in [0.25, 0.3) is 0 Å². The molecule has 2 aliphatic heterocycles. The molecule has 0 N–H and O–H groups in total. The monoisotopic (exact) mass is 387 g/mol. The number of benzene rings is 2. The number of hydrogen-bond donors (Lipinski definition) is 0. The van der Waals surface area contributed by atoms with Crippen LogP contribution in [0.25, 0.3) is 0 Å². The van der Waals surface area contributed by atoms with Gasteiger partial charge in [-0.15, -0.1) is 0 Å². The van der Waals surface area contributed by atoms with E-state index in [1.807, 2.05) is 12.1 Å². The van der Waals surface area contributed by atoms with Crippen molar-refractivity contribution in [3.8, 4) is 5.75 Å². The highest BCUT2D eigenvalue weighted by Crippen LogP contribution is 2.42. The van der Waals surface area contributed by atoms with E-state index in [1.54, 1.807) is 19.2 Å². The van der Waals surface area contributed by atoms with Crippen molar-refractivity contribution in [2.24, 2.45) is 0 Å². The lowest BCUT2D eigenvalue weighted by Gasteiger charge is -2.32. The second kappa shape index (κ2) is 6.70. The smallest absolute Gasteiger partial charge is 0.336 e. The Morgan fingerprint density at radius 1 is 1.22 bits per heavy atom. The normalized spacial score (nSPS) is 19.2. The Morgan fingerprint density at radius 3 is 2.78 bits per heavy atom. The fraction of sp³-hybridized carbons (Fsp3) is 0.200. The quantitative estimate of drug-likeness (QED) is 0.751. The molecule has 0 fully saturated rings. The summed E-state index contributed by atoms with van der Waals surface area (Å²) < 4.78 is 24.0. The van der Waals surface area contributed by atoms with Crippen LogP contribution < -0.4 is 9.64 Å². The molecule has 1 atom stereocenters. The first kappa shape index (κ1) is 17.5. The summed E-state index contributed by atoms with van der Waals surface area (Å²) in [5.41, 5.74) is 2.10. The summed E-state index contributed by atoms with van der Waals surface area (Å²) in [5.74, 6) is -1.04. The molecule has 1 amide bonds. The third-order valence-electron chi connectivity index (χ3n) is 4.77. The SMILES string of the molecule is COc1cccc([C@@H]2CC(=O)N(c3ccc(F)c(Cl)c3)C3=C2C(=O)OC3)c1. The fourth-order valence-electron chi connectivity index (χ4n) is 3.52. The fourth-order valence-corrected chi connectivity index (χ4v) is 3.70. The van der Waals surface area contributed by atoms with Crippen LogP contribution in [-0.4, -0.2) is 25.6 Å². The Kier molecular flexibility index (Phi) is 4.36. The number of carbonyl (C=O) groups excluding carboxylic acids is 2. The van der Waals surface area contributed by atoms with Gasteiger partial charge in [0.1, 0.15) is 18.2 Å². The van der Waals surface area contributed by atoms with Crippen LogP contribution in [0.2, 0.25) is 5.02 Å². The molecule has 0 radical (unpaired) electrons. The van der Waals surface area contributed by atoms with Crippen LogP contribution in [-0.2, 0) is 14.3 Å². The maximum Gasteiger partial charge on any atom is 0.336 e. The number of esters is 1. The van der Waals surface area contributed by atoms with Gasteiger partial charge in [0, 0.05) is 12.3 Å². The minimum atomic E-state index is -0.577. The lowest BCUT2D eigenvalue weighted by Crippen LogP contribution is -2.37. The van der Waals surface area contributed by atoms with E-state index in [0.717, 1.165) is 5.56 Å². The van der Waals surface area contributed by atoms with Crippen molar-refractivity contribution in [3.05, 3.63) is 70.1 Å². The van der Waals surface area contributed by atoms with Crippen LogP contribution in [0.5, 0.6) is 5.75 Å². The minimum absolute atomic E-state index is 0.0185. The zero-order chi connectivity index (χ0) is 19.1. The minimum Gasteiger partial charge on any atom is -0.497 e. The van der Waals surface area contributed by atoms with Crippen LogP contribution in [0.15, 0.2) is 53.7 Å². The second-order valence-electron chi connectivity index (χ2n) is 6.30. The predicted octanol–water partition coefficient (Wildman–Crippen LogP) is 3.82. The Labute approximate surface area is 159 Å². The molecule has 0 aliphatic carbocycles. The van der Waals surface area contributed by atoms with E-state index < -0.39 is 17.7 Å². The number of methoxy groups -OCH3 is 1. The van der Waals surface area contributed by atoms with E-state index in [0.29, 0.717) is 22.7 Å². The zero-order valence-corrected chi connectivity index (χ0v) is 15.1. The Bertz CT molecular complexity index is 988. The molecule has 27 heavy (non-hydrogen) atoms. The van der Waals surface area contributed by atoms with E-state index in [2.05, 4.69) is 0 Å². The van der Waals surface area contributed by atoms with Crippen LogP contribution in [0.1, 0.15) is 17.9 Å². The summed E-state index contributed by atoms with van der Waals surface area (Å²) in [4.78, 5) is 26.7. The van der Waals surface area contributed by atoms with E-state index in [1.165, 1.54) is 23.1 Å². The van der Waals surface area contributed by atoms with Gasteiger partial charge in [-0.25, -0.2) is 9.18 Å². The lowest BCUT2D eigenvalue weighted by atomic mass is 9.84. The molecular formula is C20H15ClFNO4. The number of ether oxygens (including phenoxy) is 2. The van der Waals surface area contributed by atoms with Crippen molar-refractivity contribution in [2.75, 3.05) is 18.6 Å². The first-order valence-corrected chi connectivity index (χ1v) is 8.69. The summed E-state index contributed by atoms with van der Waals surface area (Å²) >= 11 is 5.87. The highest BCUT2D eigenvalue weighted by atomic mass is 35.5. The van der Waals surface area contributed by atoms with E-state index in [4.69, 9.17) is 21.1 Å². The van der Waals surface area contributed by atoms with Gasteiger partial charge in [0.05, 0.1) is 29.1 Å². The summed E-state index contributed by atoms with van der Waals surface area (Å²) in [5, 5.41) is -0.0948. The first-order valence-electron chi connectivity index (χ1n) is 8.31. The maximum absolute atomic E-state index is 13.5. The number of carbonyl (C=O) groups is 2. The molecular weight excluding hydrogens is 373 g/mol. The van der Waals surface area contributed by atoms with Gasteiger partial charge in [-0.1, -0.05) is 23.7 Å². The molecule has 0 bridgehead atoms. The largest absolute Gasteiger partial charge is 0.497 e. The zero-order valence-electron chi connectivity index (χ0n) is 14.4. The van der Waals surface area contributed by atoms with Gasteiger partial charge in [-0.2, -0.15) is 0 Å². The molecule has 2 aromatic carbocycles. The van der Waals surface area contributed by atoms with Crippen molar-refractivity contribution in [3.63, 3.8) is 0 Å². The van der Waals surface area contributed by atoms with Crippen LogP contribution in [0, 0.1) is 5.82 Å². The van der Waals surface area contributed by atoms with Gasteiger partial charge in [-0.3, -0.25) is 9.69 Å². The molecule has 2 aliphatic rings. The van der Waals surface area contributed by atoms with Crippen LogP contribution in [0.3, 0.4) is 0 Å². The number of anilines is 1. The van der Waals surface area contributed by atoms with Crippen LogP contribution >= 0.6 is 11.6 Å². The van der Waals surface area contributed by atoms with Crippen LogP contribution in [0.4, 0.5) is 10.1 Å². The Hall–Kier alpha value is -2.86. The Balaban J connectivity index is 1.82. The van der Waals surface area contributed by atoms with Crippen molar-refractivity contribution < 1.29 is 23.5 Å². The van der Waals surface area contributed by atoms with Crippen molar-refractivity contribution >= 4 is 29.2 Å². The van der Waals surface area contributed by atoms with Crippen molar-refractivity contribution in [2.45, 2.75) is 12.3 Å². The molecule has 4 rings (SSSR count). The number of amides is 1. The third-order valence-corrected chi connectivity index (χ3v) is 5.06. The highest BCUT2D eigenvalue weighted by molar-refractivity contribution is 6.31. The first-order chi connectivity index (χ1) is 13.0. The number of halogens is 2. The standard InChI is InChI=1S/C20H15ClFNO4/c1-26-13-4-2-3-11(7-13)14-9-18(24)23(17-10-27-20(25)19(14)17)12-5-6-16(22)15(21)8-12/h2-8,14H,9-10H2,1H3/t14-/m0/s1. The average Bonchev–Trinajstić information content (AvgIpc) is 3.05. The van der Waals surface area contributed by atoms with Gasteiger partial charge < -0.3 is 9.47 Å². The van der Waals surface area contributed by atoms with E-state index >= 15 is 0 Å². The summed E-state index contributed by atoms with van der Waals surface area (Å²) in [7, 11) is 1.56. The molecule has 138 valence electrons. The van der Waals surface area contributed by atoms with Gasteiger partial charge >= 0.3 is 5.97 Å². The lowest BCUT2D eigenvalue weighted by molar-refractivity contribution is -0.136. The molecule has 0 saturated carbocycles. The third kappa shape index (κ3) is 2.96. The summed E-state index contributed by atoms with van der Waals surface area (Å²) in [6.45, 7) is -0.0185. The molecule has 0 aromatic heterocycles. The molecule has 5 nitrogen and oxygen atoms in total. The topological polar surface area (TPSA) is 55.8 Å². The average molecular weight is 388 g/mol. The number of hydrogen-bond acceptors (Lipinski definition) is 4. The molecule has 0 unspecified atom stereocenters. The van der Waals surface area contributed by atoms with Crippen molar-refractivity contribution in [1.82, 2.24) is 0 Å². The molecule has 0 spiro atoms. The summed E-state index contributed by atoms with van der Waals surface area (Å²) in [6, 6.07) is 11.3. The predicted molar refractivity (Wildman–Crippen MR) is 97.2 cm³/mol. The number of cyclic esters (lactones) is 1. The molecule has 0 saturated heterocycles. The molecule has 2 aromatic rings. The highest BCUT2D eigenvalue weighted by Gasteiger charge is 2.43. The number of rotatable bonds is 3. The van der Waals surface area contributed by atoms with E-state index in [-0.39, 0.29) is 24.0 Å². The molecule has 2 heterocycles. The second-order valence-corrected chi connectivity index (χ2v) is 6.70. The van der Waals surface area contributed by atoms with Gasteiger partial charge in [-0.05, 0) is 35.9 Å². The number of nitrogens with zero attached hydrogens (tertiary/aromatic N) is 1. The van der Waals surface area contributed by atoms with Crippen molar-refractivity contribution in [1.29, 1.82) is 0 Å². The maximum atomic E-state index is 13.5. The van der Waals surface area contributed by atoms with Gasteiger partial charge in [0.15, 0.2) is 0 Å². The van der Waals surface area contributed by atoms with E-state index in [9.17, 15) is 14.0 Å².